The van der Waals surface area contributed by atoms with E-state index < -0.39 is 17.9 Å². The average Bonchev–Trinajstić information content (AvgIpc) is 2.38. The number of halogens is 3. The Balaban J connectivity index is 2.07. The number of hydrogen-bond donors (Lipinski definition) is 1. The van der Waals surface area contributed by atoms with Crippen molar-refractivity contribution in [2.75, 3.05) is 18.0 Å². The Bertz CT molecular complexity index is 582. The van der Waals surface area contributed by atoms with Crippen molar-refractivity contribution in [2.45, 2.75) is 45.0 Å². The summed E-state index contributed by atoms with van der Waals surface area (Å²) in [6.07, 6.45) is 0.354. The fourth-order valence-corrected chi connectivity index (χ4v) is 3.25. The van der Waals surface area contributed by atoms with Crippen LogP contribution in [0.4, 0.5) is 14.9 Å². The molecule has 0 unspecified atom stereocenters. The molecule has 0 aromatic carbocycles. The van der Waals surface area contributed by atoms with Gasteiger partial charge in [0.25, 0.3) is 0 Å². The summed E-state index contributed by atoms with van der Waals surface area (Å²) >= 11 is 8.08. The number of aromatic nitrogens is 1. The summed E-state index contributed by atoms with van der Waals surface area (Å²) in [6.45, 7) is 6.13. The van der Waals surface area contributed by atoms with Gasteiger partial charge in [-0.05, 0) is 49.4 Å². The summed E-state index contributed by atoms with van der Waals surface area (Å²) in [5, 5.41) is 3.11. The summed E-state index contributed by atoms with van der Waals surface area (Å²) in [4.78, 5) is 17.8. The first-order chi connectivity index (χ1) is 10.6. The second-order valence-corrected chi connectivity index (χ2v) is 8.09. The van der Waals surface area contributed by atoms with Crippen LogP contribution in [0.3, 0.4) is 0 Å². The number of carbonyl (C=O) groups excluding carboxylic acids is 1. The van der Waals surface area contributed by atoms with Crippen molar-refractivity contribution in [2.24, 2.45) is 0 Å². The van der Waals surface area contributed by atoms with Crippen molar-refractivity contribution in [1.82, 2.24) is 10.3 Å². The van der Waals surface area contributed by atoms with E-state index in [0.29, 0.717) is 11.7 Å². The van der Waals surface area contributed by atoms with Gasteiger partial charge in [-0.2, -0.15) is 0 Å². The van der Waals surface area contributed by atoms with E-state index in [2.05, 4.69) is 32.9 Å². The van der Waals surface area contributed by atoms with Gasteiger partial charge in [-0.1, -0.05) is 11.6 Å². The van der Waals surface area contributed by atoms with E-state index >= 15 is 0 Å². The number of anilines is 1. The molecule has 8 heteroatoms. The molecule has 0 saturated carbocycles. The zero-order valence-corrected chi connectivity index (χ0v) is 16.2. The van der Waals surface area contributed by atoms with Crippen LogP contribution in [0.25, 0.3) is 0 Å². The maximum atomic E-state index is 14.1. The fraction of sp³-hybridized carbons (Fsp3) is 0.600. The molecule has 2 heterocycles. The van der Waals surface area contributed by atoms with Gasteiger partial charge in [0.2, 0.25) is 0 Å². The second kappa shape index (κ2) is 7.38. The largest absolute Gasteiger partial charge is 0.444 e. The predicted octanol–water partition coefficient (Wildman–Crippen LogP) is 3.78. The summed E-state index contributed by atoms with van der Waals surface area (Å²) in [6, 6.07) is 1.39. The van der Waals surface area contributed by atoms with Gasteiger partial charge in [0, 0.05) is 25.7 Å². The van der Waals surface area contributed by atoms with Gasteiger partial charge in [0.1, 0.15) is 16.9 Å². The minimum absolute atomic E-state index is 0.267. The number of amides is 1. The molecule has 1 N–H and O–H groups in total. The summed E-state index contributed by atoms with van der Waals surface area (Å²) in [5.74, 6) is 0. The van der Waals surface area contributed by atoms with Crippen LogP contribution >= 0.6 is 34.2 Å². The van der Waals surface area contributed by atoms with Crippen LogP contribution < -0.4 is 10.2 Å². The van der Waals surface area contributed by atoms with Gasteiger partial charge in [0.05, 0.1) is 15.3 Å². The number of hydrogen-bond acceptors (Lipinski definition) is 4. The molecule has 1 amide bonds. The Hall–Kier alpha value is -0.830. The number of carbonyl (C=O) groups is 1. The maximum Gasteiger partial charge on any atom is 0.407 e. The highest BCUT2D eigenvalue weighted by Gasteiger charge is 2.30. The molecule has 1 saturated heterocycles. The maximum absolute atomic E-state index is 14.1. The quantitative estimate of drug-likeness (QED) is 0.545. The molecule has 1 aliphatic heterocycles. The molecule has 1 aromatic rings. The molecule has 0 bridgehead atoms. The summed E-state index contributed by atoms with van der Waals surface area (Å²) < 4.78 is 20.2. The van der Waals surface area contributed by atoms with Gasteiger partial charge < -0.3 is 15.0 Å². The smallest absolute Gasteiger partial charge is 0.407 e. The molecule has 0 radical (unpaired) electrons. The second-order valence-electron chi connectivity index (χ2n) is 6.54. The number of alkyl carbamates (subject to hydrolysis) is 1. The van der Waals surface area contributed by atoms with E-state index in [1.165, 1.54) is 0 Å². The van der Waals surface area contributed by atoms with Crippen molar-refractivity contribution < 1.29 is 13.9 Å². The SMILES string of the molecule is CC(C)(C)OC(=O)N[C@H]1C[C@@H](F)CN(c2cc(Cl)ncc2I)C1. The Morgan fingerprint density at radius 1 is 1.52 bits per heavy atom. The molecular weight excluding hydrogens is 436 g/mol. The lowest BCUT2D eigenvalue weighted by atomic mass is 10.0. The van der Waals surface area contributed by atoms with Crippen LogP contribution in [-0.4, -0.2) is 42.0 Å². The van der Waals surface area contributed by atoms with E-state index in [9.17, 15) is 9.18 Å². The van der Waals surface area contributed by atoms with Crippen LogP contribution in [0.5, 0.6) is 0 Å². The Morgan fingerprint density at radius 3 is 2.87 bits per heavy atom. The molecule has 23 heavy (non-hydrogen) atoms. The van der Waals surface area contributed by atoms with Crippen LogP contribution in [0.1, 0.15) is 27.2 Å². The third-order valence-electron chi connectivity index (χ3n) is 3.26. The van der Waals surface area contributed by atoms with Crippen molar-refractivity contribution in [3.8, 4) is 0 Å². The zero-order valence-electron chi connectivity index (χ0n) is 13.3. The number of piperidine rings is 1. The molecule has 0 aliphatic carbocycles. The number of rotatable bonds is 2. The van der Waals surface area contributed by atoms with Gasteiger partial charge in [0.15, 0.2) is 0 Å². The normalized spacial score (nSPS) is 21.9. The lowest BCUT2D eigenvalue weighted by molar-refractivity contribution is 0.0491. The van der Waals surface area contributed by atoms with Crippen LogP contribution in [0.2, 0.25) is 5.15 Å². The molecular formula is C15H20ClFIN3O2. The minimum atomic E-state index is -1.04. The first-order valence-corrected chi connectivity index (χ1v) is 8.79. The van der Waals surface area contributed by atoms with E-state index in [4.69, 9.17) is 16.3 Å². The molecule has 1 aromatic heterocycles. The van der Waals surface area contributed by atoms with Crippen molar-refractivity contribution in [1.29, 1.82) is 0 Å². The number of nitrogens with one attached hydrogen (secondary N) is 1. The van der Waals surface area contributed by atoms with Crippen LogP contribution in [0, 0.1) is 3.57 Å². The van der Waals surface area contributed by atoms with Crippen LogP contribution in [0.15, 0.2) is 12.3 Å². The molecule has 1 fully saturated rings. The lowest BCUT2D eigenvalue weighted by Gasteiger charge is -2.37. The zero-order chi connectivity index (χ0) is 17.2. The first-order valence-electron chi connectivity index (χ1n) is 7.33. The number of nitrogens with zero attached hydrogens (tertiary/aromatic N) is 2. The summed E-state index contributed by atoms with van der Waals surface area (Å²) in [5.41, 5.74) is 0.241. The van der Waals surface area contributed by atoms with Crippen molar-refractivity contribution >= 4 is 46.0 Å². The minimum Gasteiger partial charge on any atom is -0.444 e. The number of pyridine rings is 1. The van der Waals surface area contributed by atoms with Crippen molar-refractivity contribution in [3.63, 3.8) is 0 Å². The molecule has 128 valence electrons. The Morgan fingerprint density at radius 2 is 2.22 bits per heavy atom. The third-order valence-corrected chi connectivity index (χ3v) is 4.30. The van der Waals surface area contributed by atoms with Gasteiger partial charge in [-0.25, -0.2) is 14.2 Å². The molecule has 2 atom stereocenters. The fourth-order valence-electron chi connectivity index (χ4n) is 2.46. The van der Waals surface area contributed by atoms with E-state index in [-0.39, 0.29) is 19.0 Å². The van der Waals surface area contributed by atoms with Crippen LogP contribution in [-0.2, 0) is 4.74 Å². The van der Waals surface area contributed by atoms with Gasteiger partial charge in [-0.15, -0.1) is 0 Å². The Labute approximate surface area is 154 Å². The molecule has 1 aliphatic rings. The molecule has 2 rings (SSSR count). The standard InChI is InChI=1S/C15H20ClFIN3O2/c1-15(2,3)23-14(22)20-10-4-9(17)7-21(8-10)12-5-13(16)19-6-11(12)18/h5-6,9-10H,4,7-8H2,1-3H3,(H,20,22)/t9-,10+/m1/s1. The predicted molar refractivity (Wildman–Crippen MR) is 96.8 cm³/mol. The third kappa shape index (κ3) is 5.63. The van der Waals surface area contributed by atoms with Gasteiger partial charge in [-0.3, -0.25) is 0 Å². The Kier molecular flexibility index (Phi) is 5.94. The van der Waals surface area contributed by atoms with Crippen molar-refractivity contribution in [3.05, 3.63) is 21.0 Å². The summed E-state index contributed by atoms with van der Waals surface area (Å²) in [7, 11) is 0. The molecule has 5 nitrogen and oxygen atoms in total. The van der Waals surface area contributed by atoms with Gasteiger partial charge >= 0.3 is 6.09 Å². The average molecular weight is 456 g/mol. The first kappa shape index (κ1) is 18.5. The highest BCUT2D eigenvalue weighted by atomic mass is 127. The lowest BCUT2D eigenvalue weighted by Crippen LogP contribution is -2.52. The van der Waals surface area contributed by atoms with E-state index in [0.717, 1.165) is 9.26 Å². The molecule has 0 spiro atoms. The highest BCUT2D eigenvalue weighted by Crippen LogP contribution is 2.28. The van der Waals surface area contributed by atoms with E-state index in [1.807, 2.05) is 4.90 Å². The van der Waals surface area contributed by atoms with E-state index in [1.54, 1.807) is 33.0 Å². The monoisotopic (exact) mass is 455 g/mol. The topological polar surface area (TPSA) is 54.5 Å². The highest BCUT2D eigenvalue weighted by molar-refractivity contribution is 14.1. The number of ether oxygens (including phenoxy) is 1. The number of alkyl halides is 1.